The first-order valence-electron chi connectivity index (χ1n) is 6.00. The molecular weight excluding hydrogens is 313 g/mol. The number of aliphatic hydroxyl groups excluding tert-OH is 1. The Hall–Kier alpha value is -1.27. The van der Waals surface area contributed by atoms with E-state index in [0.29, 0.717) is 34.1 Å². The minimum atomic E-state index is -0.339. The van der Waals surface area contributed by atoms with Crippen LogP contribution in [0, 0.1) is 11.7 Å². The average Bonchev–Trinajstić information content (AvgIpc) is 2.69. The summed E-state index contributed by atoms with van der Waals surface area (Å²) >= 11 is 3.26. The van der Waals surface area contributed by atoms with E-state index in [1.54, 1.807) is 6.07 Å². The Bertz CT molecular complexity index is 563. The fourth-order valence-corrected chi connectivity index (χ4v) is 2.37. The third-order valence-electron chi connectivity index (χ3n) is 2.64. The van der Waals surface area contributed by atoms with E-state index >= 15 is 0 Å². The van der Waals surface area contributed by atoms with Crippen LogP contribution in [-0.2, 0) is 13.2 Å². The maximum atomic E-state index is 13.5. The van der Waals surface area contributed by atoms with Crippen LogP contribution >= 0.6 is 15.9 Å². The van der Waals surface area contributed by atoms with Crippen LogP contribution in [0.5, 0.6) is 0 Å². The normalized spacial score (nSPS) is 11.3. The first-order valence-corrected chi connectivity index (χ1v) is 6.80. The Morgan fingerprint density at radius 3 is 2.63 bits per heavy atom. The van der Waals surface area contributed by atoms with Crippen molar-refractivity contribution in [3.63, 3.8) is 0 Å². The van der Waals surface area contributed by atoms with Crippen LogP contribution in [0.15, 0.2) is 22.7 Å². The van der Waals surface area contributed by atoms with Crippen LogP contribution in [-0.4, -0.2) is 19.9 Å². The number of benzene rings is 1. The molecule has 2 rings (SSSR count). The zero-order chi connectivity index (χ0) is 14.0. The summed E-state index contributed by atoms with van der Waals surface area (Å²) in [4.78, 5) is 0. The number of halogens is 2. The van der Waals surface area contributed by atoms with Gasteiger partial charge in [-0.3, -0.25) is 0 Å². The summed E-state index contributed by atoms with van der Waals surface area (Å²) in [6.45, 7) is 4.61. The fraction of sp³-hybridized carbons (Fsp3) is 0.385. The van der Waals surface area contributed by atoms with Gasteiger partial charge in [-0.1, -0.05) is 29.8 Å². The van der Waals surface area contributed by atoms with E-state index in [1.807, 2.05) is 4.57 Å². The van der Waals surface area contributed by atoms with Gasteiger partial charge in [0.2, 0.25) is 0 Å². The van der Waals surface area contributed by atoms with E-state index in [1.165, 1.54) is 12.1 Å². The van der Waals surface area contributed by atoms with E-state index in [9.17, 15) is 9.50 Å². The summed E-state index contributed by atoms with van der Waals surface area (Å²) < 4.78 is 15.9. The minimum absolute atomic E-state index is 0.184. The molecular formula is C13H15BrFN3O. The molecule has 102 valence electrons. The topological polar surface area (TPSA) is 50.9 Å². The quantitative estimate of drug-likeness (QED) is 0.939. The van der Waals surface area contributed by atoms with Crippen LogP contribution in [0.1, 0.15) is 19.7 Å². The van der Waals surface area contributed by atoms with Gasteiger partial charge < -0.3 is 9.67 Å². The van der Waals surface area contributed by atoms with Gasteiger partial charge in [0, 0.05) is 16.6 Å². The Balaban J connectivity index is 2.51. The summed E-state index contributed by atoms with van der Waals surface area (Å²) in [5, 5.41) is 17.3. The molecule has 19 heavy (non-hydrogen) atoms. The fourth-order valence-electron chi connectivity index (χ4n) is 1.91. The highest BCUT2D eigenvalue weighted by molar-refractivity contribution is 9.10. The van der Waals surface area contributed by atoms with Crippen molar-refractivity contribution in [1.82, 2.24) is 14.8 Å². The highest BCUT2D eigenvalue weighted by Gasteiger charge is 2.15. The number of aromatic nitrogens is 3. The van der Waals surface area contributed by atoms with Gasteiger partial charge in [-0.15, -0.1) is 10.2 Å². The maximum Gasteiger partial charge on any atom is 0.164 e. The first kappa shape index (κ1) is 14.1. The molecule has 1 aromatic carbocycles. The van der Waals surface area contributed by atoms with Gasteiger partial charge >= 0.3 is 0 Å². The monoisotopic (exact) mass is 327 g/mol. The average molecular weight is 328 g/mol. The van der Waals surface area contributed by atoms with Crippen molar-refractivity contribution >= 4 is 15.9 Å². The van der Waals surface area contributed by atoms with Crippen LogP contribution in [0.3, 0.4) is 0 Å². The zero-order valence-electron chi connectivity index (χ0n) is 10.8. The van der Waals surface area contributed by atoms with Gasteiger partial charge in [0.15, 0.2) is 11.6 Å². The highest BCUT2D eigenvalue weighted by Crippen LogP contribution is 2.24. The standard InChI is InChI=1S/C13H15BrFN3O/c1-8(2)6-18-12(7-19)16-17-13(18)9-3-10(14)5-11(15)4-9/h3-5,8,19H,6-7H2,1-2H3. The molecule has 0 unspecified atom stereocenters. The van der Waals surface area contributed by atoms with E-state index in [0.717, 1.165) is 0 Å². The molecule has 1 aromatic heterocycles. The second-order valence-electron chi connectivity index (χ2n) is 4.76. The number of hydrogen-bond donors (Lipinski definition) is 1. The smallest absolute Gasteiger partial charge is 0.164 e. The van der Waals surface area contributed by atoms with E-state index in [-0.39, 0.29) is 12.4 Å². The lowest BCUT2D eigenvalue weighted by Crippen LogP contribution is -2.10. The van der Waals surface area contributed by atoms with E-state index < -0.39 is 0 Å². The van der Waals surface area contributed by atoms with Crippen molar-refractivity contribution in [1.29, 1.82) is 0 Å². The molecule has 0 radical (unpaired) electrons. The molecule has 0 saturated heterocycles. The molecule has 0 amide bonds. The molecule has 2 aromatic rings. The van der Waals surface area contributed by atoms with Gasteiger partial charge in [0.1, 0.15) is 12.4 Å². The number of rotatable bonds is 4. The molecule has 0 fully saturated rings. The predicted octanol–water partition coefficient (Wildman–Crippen LogP) is 3.00. The first-order chi connectivity index (χ1) is 9.01. The molecule has 0 bridgehead atoms. The van der Waals surface area contributed by atoms with Crippen molar-refractivity contribution in [2.24, 2.45) is 5.92 Å². The van der Waals surface area contributed by atoms with Gasteiger partial charge in [-0.2, -0.15) is 0 Å². The van der Waals surface area contributed by atoms with Crippen molar-refractivity contribution in [3.8, 4) is 11.4 Å². The molecule has 0 atom stereocenters. The molecule has 0 aliphatic heterocycles. The third kappa shape index (κ3) is 3.19. The molecule has 6 heteroatoms. The van der Waals surface area contributed by atoms with Crippen LogP contribution in [0.4, 0.5) is 4.39 Å². The molecule has 0 saturated carbocycles. The zero-order valence-corrected chi connectivity index (χ0v) is 12.4. The van der Waals surface area contributed by atoms with E-state index in [4.69, 9.17) is 0 Å². The Morgan fingerprint density at radius 2 is 2.05 bits per heavy atom. The summed E-state index contributed by atoms with van der Waals surface area (Å²) in [6, 6.07) is 4.58. The molecule has 0 aliphatic rings. The lowest BCUT2D eigenvalue weighted by Gasteiger charge is -2.12. The van der Waals surface area contributed by atoms with Crippen molar-refractivity contribution in [2.45, 2.75) is 27.0 Å². The molecule has 4 nitrogen and oxygen atoms in total. The maximum absolute atomic E-state index is 13.5. The summed E-state index contributed by atoms with van der Waals surface area (Å²) in [7, 11) is 0. The van der Waals surface area contributed by atoms with Gasteiger partial charge in [-0.05, 0) is 24.1 Å². The van der Waals surface area contributed by atoms with Crippen LogP contribution in [0.25, 0.3) is 11.4 Å². The van der Waals surface area contributed by atoms with Gasteiger partial charge in [-0.25, -0.2) is 4.39 Å². The summed E-state index contributed by atoms with van der Waals surface area (Å²) in [5.41, 5.74) is 0.639. The lowest BCUT2D eigenvalue weighted by molar-refractivity contribution is 0.262. The predicted molar refractivity (Wildman–Crippen MR) is 73.9 cm³/mol. The van der Waals surface area contributed by atoms with Crippen molar-refractivity contribution in [3.05, 3.63) is 34.3 Å². The second kappa shape index (κ2) is 5.79. The number of aliphatic hydroxyl groups is 1. The second-order valence-corrected chi connectivity index (χ2v) is 5.68. The summed E-state index contributed by atoms with van der Waals surface area (Å²) in [5.74, 6) is 1.09. The van der Waals surface area contributed by atoms with E-state index in [2.05, 4.69) is 40.0 Å². The van der Waals surface area contributed by atoms with Crippen LogP contribution < -0.4 is 0 Å². The number of nitrogens with zero attached hydrogens (tertiary/aromatic N) is 3. The Labute approximate surface area is 119 Å². The van der Waals surface area contributed by atoms with Crippen molar-refractivity contribution < 1.29 is 9.50 Å². The van der Waals surface area contributed by atoms with Crippen molar-refractivity contribution in [2.75, 3.05) is 0 Å². The Kier molecular flexibility index (Phi) is 4.31. The Morgan fingerprint density at radius 1 is 1.32 bits per heavy atom. The SMILES string of the molecule is CC(C)Cn1c(CO)nnc1-c1cc(F)cc(Br)c1. The van der Waals surface area contributed by atoms with Gasteiger partial charge in [0.25, 0.3) is 0 Å². The lowest BCUT2D eigenvalue weighted by atomic mass is 10.2. The largest absolute Gasteiger partial charge is 0.388 e. The summed E-state index contributed by atoms with van der Waals surface area (Å²) in [6.07, 6.45) is 0. The molecule has 0 aliphatic carbocycles. The van der Waals surface area contributed by atoms with Crippen LogP contribution in [0.2, 0.25) is 0 Å². The highest BCUT2D eigenvalue weighted by atomic mass is 79.9. The molecule has 1 heterocycles. The number of hydrogen-bond acceptors (Lipinski definition) is 3. The molecule has 0 spiro atoms. The minimum Gasteiger partial charge on any atom is -0.388 e. The van der Waals surface area contributed by atoms with Gasteiger partial charge in [0.05, 0.1) is 0 Å². The molecule has 1 N–H and O–H groups in total. The third-order valence-corrected chi connectivity index (χ3v) is 3.10.